The summed E-state index contributed by atoms with van der Waals surface area (Å²) in [7, 11) is 2.18. The van der Waals surface area contributed by atoms with Crippen LogP contribution in [0.5, 0.6) is 0 Å². The average Bonchev–Trinajstić information content (AvgIpc) is 2.75. The molecular formula is C16H32BrNO. The van der Waals surface area contributed by atoms with E-state index in [1.807, 2.05) is 0 Å². The van der Waals surface area contributed by atoms with Crippen molar-refractivity contribution in [3.05, 3.63) is 0 Å². The third kappa shape index (κ3) is 5.35. The average molecular weight is 334 g/mol. The molecule has 0 bridgehead atoms. The Balaban J connectivity index is 2.56. The van der Waals surface area contributed by atoms with Gasteiger partial charge in [-0.15, -0.1) is 0 Å². The minimum atomic E-state index is -0.411. The Morgan fingerprint density at radius 3 is 2.11 bits per heavy atom. The summed E-state index contributed by atoms with van der Waals surface area (Å²) in [6.45, 7) is 6.49. The highest BCUT2D eigenvalue weighted by atomic mass is 79.9. The van der Waals surface area contributed by atoms with Crippen molar-refractivity contribution in [2.45, 2.75) is 70.8 Å². The van der Waals surface area contributed by atoms with Gasteiger partial charge in [-0.3, -0.25) is 0 Å². The molecule has 0 spiro atoms. The van der Waals surface area contributed by atoms with E-state index in [0.717, 1.165) is 31.3 Å². The molecule has 0 atom stereocenters. The van der Waals surface area contributed by atoms with E-state index < -0.39 is 5.60 Å². The van der Waals surface area contributed by atoms with Gasteiger partial charge in [0.1, 0.15) is 0 Å². The van der Waals surface area contributed by atoms with Crippen molar-refractivity contribution >= 4 is 15.9 Å². The number of hydrogen-bond acceptors (Lipinski definition) is 2. The smallest absolute Gasteiger partial charge is 0.0774 e. The van der Waals surface area contributed by atoms with Crippen molar-refractivity contribution in [3.8, 4) is 0 Å². The standard InChI is InChI=1S/C16H32BrNO/c1-4-8-15(12-17,9-5-2)13-18(3)14-16(19)10-6-7-11-16/h19H,4-14H2,1-3H3. The second kappa shape index (κ2) is 7.99. The Morgan fingerprint density at radius 2 is 1.68 bits per heavy atom. The summed E-state index contributed by atoms with van der Waals surface area (Å²) in [4.78, 5) is 2.37. The molecule has 0 amide bonds. The second-order valence-corrected chi connectivity index (χ2v) is 7.30. The van der Waals surface area contributed by atoms with Crippen molar-refractivity contribution < 1.29 is 5.11 Å². The lowest BCUT2D eigenvalue weighted by atomic mass is 9.80. The van der Waals surface area contributed by atoms with Crippen molar-refractivity contribution in [1.82, 2.24) is 4.90 Å². The lowest BCUT2D eigenvalue weighted by Gasteiger charge is -2.38. The molecule has 1 fully saturated rings. The van der Waals surface area contributed by atoms with Gasteiger partial charge in [0.05, 0.1) is 5.60 Å². The zero-order valence-corrected chi connectivity index (χ0v) is 14.6. The molecule has 0 aromatic rings. The maximum Gasteiger partial charge on any atom is 0.0774 e. The molecule has 0 saturated heterocycles. The van der Waals surface area contributed by atoms with Crippen molar-refractivity contribution in [2.24, 2.45) is 5.41 Å². The summed E-state index contributed by atoms with van der Waals surface area (Å²) < 4.78 is 0. The van der Waals surface area contributed by atoms with Crippen molar-refractivity contribution in [2.75, 3.05) is 25.5 Å². The monoisotopic (exact) mass is 333 g/mol. The zero-order valence-electron chi connectivity index (χ0n) is 13.1. The zero-order chi connectivity index (χ0) is 14.4. The summed E-state index contributed by atoms with van der Waals surface area (Å²) in [6, 6.07) is 0. The molecule has 0 heterocycles. The van der Waals surface area contributed by atoms with Crippen molar-refractivity contribution in [3.63, 3.8) is 0 Å². The van der Waals surface area contributed by atoms with Crippen LogP contribution in [0.15, 0.2) is 0 Å². The molecule has 2 nitrogen and oxygen atoms in total. The van der Waals surface area contributed by atoms with Crippen LogP contribution in [0.1, 0.15) is 65.2 Å². The highest BCUT2D eigenvalue weighted by Crippen LogP contribution is 2.35. The molecule has 0 aromatic carbocycles. The van der Waals surface area contributed by atoms with E-state index in [1.54, 1.807) is 0 Å². The van der Waals surface area contributed by atoms with Crippen LogP contribution in [0.3, 0.4) is 0 Å². The van der Waals surface area contributed by atoms with Crippen molar-refractivity contribution in [1.29, 1.82) is 0 Å². The largest absolute Gasteiger partial charge is 0.389 e. The van der Waals surface area contributed by atoms with Crippen LogP contribution < -0.4 is 0 Å². The number of alkyl halides is 1. The molecule has 114 valence electrons. The van der Waals surface area contributed by atoms with E-state index >= 15 is 0 Å². The predicted molar refractivity (Wildman–Crippen MR) is 87.0 cm³/mol. The SMILES string of the molecule is CCCC(CBr)(CCC)CN(C)CC1(O)CCCC1. The molecule has 1 saturated carbocycles. The molecule has 0 radical (unpaired) electrons. The predicted octanol–water partition coefficient (Wildman–Crippen LogP) is 4.20. The van der Waals surface area contributed by atoms with Crippen LogP contribution in [0.25, 0.3) is 0 Å². The summed E-state index contributed by atoms with van der Waals surface area (Å²) >= 11 is 3.74. The molecule has 1 aliphatic rings. The molecule has 3 heteroatoms. The first-order chi connectivity index (χ1) is 8.99. The Labute approximate surface area is 128 Å². The molecule has 0 unspecified atom stereocenters. The fourth-order valence-electron chi connectivity index (χ4n) is 3.84. The lowest BCUT2D eigenvalue weighted by molar-refractivity contribution is 0.00561. The van der Waals surface area contributed by atoms with Gasteiger partial charge in [0.25, 0.3) is 0 Å². The van der Waals surface area contributed by atoms with E-state index in [0.29, 0.717) is 5.41 Å². The molecule has 0 aliphatic heterocycles. The molecular weight excluding hydrogens is 302 g/mol. The maximum absolute atomic E-state index is 10.5. The first kappa shape index (κ1) is 17.5. The van der Waals surface area contributed by atoms with Gasteiger partial charge in [-0.25, -0.2) is 0 Å². The minimum Gasteiger partial charge on any atom is -0.389 e. The summed E-state index contributed by atoms with van der Waals surface area (Å²) in [5.41, 5.74) is -0.0293. The number of halogens is 1. The third-order valence-corrected chi connectivity index (χ3v) is 5.74. The van der Waals surface area contributed by atoms with Gasteiger partial charge in [-0.2, -0.15) is 0 Å². The van der Waals surface area contributed by atoms with Crippen LogP contribution in [0.4, 0.5) is 0 Å². The topological polar surface area (TPSA) is 23.5 Å². The Kier molecular flexibility index (Phi) is 7.34. The first-order valence-electron chi connectivity index (χ1n) is 7.96. The highest BCUT2D eigenvalue weighted by molar-refractivity contribution is 9.09. The molecule has 1 rings (SSSR count). The highest BCUT2D eigenvalue weighted by Gasteiger charge is 2.35. The van der Waals surface area contributed by atoms with Gasteiger partial charge in [0.15, 0.2) is 0 Å². The van der Waals surface area contributed by atoms with E-state index in [4.69, 9.17) is 0 Å². The quantitative estimate of drug-likeness (QED) is 0.639. The Hall–Kier alpha value is 0.400. The van der Waals surface area contributed by atoms with E-state index in [1.165, 1.54) is 38.5 Å². The molecule has 1 N–H and O–H groups in total. The van der Waals surface area contributed by atoms with Crippen LogP contribution >= 0.6 is 15.9 Å². The van der Waals surface area contributed by atoms with Gasteiger partial charge in [-0.1, -0.05) is 55.5 Å². The van der Waals surface area contributed by atoms with Crippen LogP contribution in [-0.2, 0) is 0 Å². The summed E-state index contributed by atoms with van der Waals surface area (Å²) in [6.07, 6.45) is 9.38. The summed E-state index contributed by atoms with van der Waals surface area (Å²) in [5, 5.41) is 11.6. The van der Waals surface area contributed by atoms with Gasteiger partial charge in [0.2, 0.25) is 0 Å². The number of nitrogens with zero attached hydrogens (tertiary/aromatic N) is 1. The van der Waals surface area contributed by atoms with Gasteiger partial charge < -0.3 is 10.0 Å². The lowest BCUT2D eigenvalue weighted by Crippen LogP contribution is -2.44. The van der Waals surface area contributed by atoms with Gasteiger partial charge in [-0.05, 0) is 38.1 Å². The number of aliphatic hydroxyl groups is 1. The summed E-state index contributed by atoms with van der Waals surface area (Å²) in [5.74, 6) is 0. The third-order valence-electron chi connectivity index (χ3n) is 4.55. The number of hydrogen-bond donors (Lipinski definition) is 1. The van der Waals surface area contributed by atoms with Gasteiger partial charge in [0, 0.05) is 18.4 Å². The second-order valence-electron chi connectivity index (χ2n) is 6.74. The molecule has 19 heavy (non-hydrogen) atoms. The minimum absolute atomic E-state index is 0.382. The first-order valence-corrected chi connectivity index (χ1v) is 9.08. The van der Waals surface area contributed by atoms with E-state index in [2.05, 4.69) is 41.7 Å². The fraction of sp³-hybridized carbons (Fsp3) is 1.00. The number of likely N-dealkylation sites (N-methyl/N-ethyl adjacent to an activating group) is 1. The maximum atomic E-state index is 10.5. The van der Waals surface area contributed by atoms with Crippen LogP contribution in [0, 0.1) is 5.41 Å². The molecule has 0 aromatic heterocycles. The number of rotatable bonds is 9. The van der Waals surface area contributed by atoms with E-state index in [-0.39, 0.29) is 0 Å². The normalized spacial score (nSPS) is 19.3. The Bertz CT molecular complexity index is 245. The van der Waals surface area contributed by atoms with Crippen LogP contribution in [-0.4, -0.2) is 41.1 Å². The fourth-order valence-corrected chi connectivity index (χ4v) is 4.58. The van der Waals surface area contributed by atoms with Gasteiger partial charge >= 0.3 is 0 Å². The van der Waals surface area contributed by atoms with Crippen LogP contribution in [0.2, 0.25) is 0 Å². The molecule has 1 aliphatic carbocycles. The Morgan fingerprint density at radius 1 is 1.16 bits per heavy atom. The van der Waals surface area contributed by atoms with E-state index in [9.17, 15) is 5.11 Å².